The molecule has 35 heavy (non-hydrogen) atoms. The van der Waals surface area contributed by atoms with Crippen LogP contribution in [0.25, 0.3) is 5.57 Å². The summed E-state index contributed by atoms with van der Waals surface area (Å²) in [6, 6.07) is 20.3. The number of Topliss-reactive ketones (excluding diaryl/α,β-unsaturated/α-hetero) is 1. The molecule has 0 bridgehead atoms. The molecule has 0 aromatic heterocycles. The predicted octanol–water partition coefficient (Wildman–Crippen LogP) is 5.16. The number of halogens is 1. The Morgan fingerprint density at radius 2 is 1.69 bits per heavy atom. The number of nitrogens with zero attached hydrogens (tertiary/aromatic N) is 1. The molecular formula is C27H25ClN2O4S. The second kappa shape index (κ2) is 10.2. The molecule has 3 aromatic carbocycles. The van der Waals surface area contributed by atoms with Crippen molar-refractivity contribution in [3.63, 3.8) is 0 Å². The molecule has 4 rings (SSSR count). The molecule has 8 heteroatoms. The lowest BCUT2D eigenvalue weighted by Crippen LogP contribution is -2.37. The minimum Gasteiger partial charge on any atom is -0.300 e. The molecule has 0 fully saturated rings. The Kier molecular flexibility index (Phi) is 7.21. The quantitative estimate of drug-likeness (QED) is 0.476. The third-order valence-electron chi connectivity index (χ3n) is 5.94. The average Bonchev–Trinajstić information content (AvgIpc) is 2.85. The number of benzene rings is 3. The highest BCUT2D eigenvalue weighted by Crippen LogP contribution is 2.39. The number of primary sulfonamides is 1. The summed E-state index contributed by atoms with van der Waals surface area (Å²) >= 11 is 6.34. The van der Waals surface area contributed by atoms with Crippen LogP contribution in [0.1, 0.15) is 53.2 Å². The van der Waals surface area contributed by atoms with Crippen LogP contribution in [-0.2, 0) is 21.4 Å². The van der Waals surface area contributed by atoms with Gasteiger partial charge in [0.15, 0.2) is 5.78 Å². The Morgan fingerprint density at radius 3 is 2.31 bits per heavy atom. The highest BCUT2D eigenvalue weighted by molar-refractivity contribution is 7.89. The average molecular weight is 509 g/mol. The second-order valence-electron chi connectivity index (χ2n) is 8.38. The van der Waals surface area contributed by atoms with Crippen molar-refractivity contribution in [2.75, 3.05) is 0 Å². The van der Waals surface area contributed by atoms with Gasteiger partial charge < -0.3 is 0 Å². The Bertz CT molecular complexity index is 1420. The van der Waals surface area contributed by atoms with Crippen LogP contribution in [0, 0.1) is 0 Å². The van der Waals surface area contributed by atoms with E-state index in [-0.39, 0.29) is 22.8 Å². The van der Waals surface area contributed by atoms with E-state index in [1.807, 2.05) is 49.4 Å². The maximum atomic E-state index is 13.7. The molecule has 1 aliphatic rings. The molecule has 0 saturated carbocycles. The normalized spacial score (nSPS) is 13.5. The van der Waals surface area contributed by atoms with Crippen molar-refractivity contribution in [1.29, 1.82) is 0 Å². The summed E-state index contributed by atoms with van der Waals surface area (Å²) in [4.78, 5) is 28.7. The van der Waals surface area contributed by atoms with E-state index in [4.69, 9.17) is 16.7 Å². The molecule has 0 aliphatic carbocycles. The second-order valence-corrected chi connectivity index (χ2v) is 10.4. The van der Waals surface area contributed by atoms with E-state index in [2.05, 4.69) is 0 Å². The summed E-state index contributed by atoms with van der Waals surface area (Å²) in [7, 11) is -3.89. The van der Waals surface area contributed by atoms with Crippen molar-refractivity contribution in [3.05, 3.63) is 106 Å². The molecule has 180 valence electrons. The first-order valence-corrected chi connectivity index (χ1v) is 13.2. The highest BCUT2D eigenvalue weighted by Gasteiger charge is 2.34. The number of fused-ring (bicyclic) bond motifs is 1. The Hall–Kier alpha value is -3.26. The van der Waals surface area contributed by atoms with Crippen LogP contribution in [0.2, 0.25) is 5.02 Å². The maximum absolute atomic E-state index is 13.7. The third-order valence-corrected chi connectivity index (χ3v) is 7.10. The zero-order chi connectivity index (χ0) is 25.2. The molecule has 0 radical (unpaired) electrons. The number of rotatable bonds is 7. The number of ketones is 1. The van der Waals surface area contributed by atoms with Crippen LogP contribution in [0.4, 0.5) is 0 Å². The lowest BCUT2D eigenvalue weighted by Gasteiger charge is -2.33. The topological polar surface area (TPSA) is 97.5 Å². The van der Waals surface area contributed by atoms with Crippen molar-refractivity contribution in [1.82, 2.24) is 4.90 Å². The Morgan fingerprint density at radius 1 is 1.00 bits per heavy atom. The van der Waals surface area contributed by atoms with E-state index in [1.165, 1.54) is 29.2 Å². The number of amides is 1. The molecule has 0 atom stereocenters. The number of nitrogens with two attached hydrogens (primary N) is 1. The summed E-state index contributed by atoms with van der Waals surface area (Å²) in [6.45, 7) is 2.19. The smallest absolute Gasteiger partial charge is 0.258 e. The minimum atomic E-state index is -3.89. The van der Waals surface area contributed by atoms with Gasteiger partial charge in [-0.25, -0.2) is 13.6 Å². The largest absolute Gasteiger partial charge is 0.300 e. The lowest BCUT2D eigenvalue weighted by molar-refractivity contribution is -0.117. The Balaban J connectivity index is 1.91. The first-order valence-electron chi connectivity index (χ1n) is 11.3. The number of carbonyl (C=O) groups excluding carboxylic acids is 2. The fraction of sp³-hybridized carbons (Fsp3) is 0.185. The van der Waals surface area contributed by atoms with E-state index in [0.717, 1.165) is 23.1 Å². The number of unbranched alkanes of at least 4 members (excludes halogenated alkanes) is 1. The Labute approximate surface area is 210 Å². The summed E-state index contributed by atoms with van der Waals surface area (Å²) in [5, 5.41) is 5.73. The van der Waals surface area contributed by atoms with Gasteiger partial charge in [-0.05, 0) is 59.5 Å². The standard InChI is InChI=1S/C27H25ClN2O4S/c1-2-3-9-24(31)26-25(18-7-5-4-6-8-18)23-16-21(28)13-10-20(23)17-30(26)27(32)19-11-14-22(15-12-19)35(29,33)34/h4-8,10-16H,2-3,9,17H2,1H3,(H2,29,33,34). The van der Waals surface area contributed by atoms with Gasteiger partial charge in [0.05, 0.1) is 17.1 Å². The molecule has 0 saturated heterocycles. The van der Waals surface area contributed by atoms with Crippen LogP contribution >= 0.6 is 11.6 Å². The number of hydrogen-bond donors (Lipinski definition) is 1. The van der Waals surface area contributed by atoms with E-state index in [0.29, 0.717) is 29.1 Å². The molecule has 1 aliphatic heterocycles. The van der Waals surface area contributed by atoms with Gasteiger partial charge in [-0.1, -0.05) is 61.3 Å². The van der Waals surface area contributed by atoms with Crippen molar-refractivity contribution in [2.45, 2.75) is 37.6 Å². The zero-order valence-corrected chi connectivity index (χ0v) is 20.8. The van der Waals surface area contributed by atoms with Gasteiger partial charge in [0, 0.05) is 22.6 Å². The van der Waals surface area contributed by atoms with Gasteiger partial charge in [-0.2, -0.15) is 0 Å². The first kappa shape index (κ1) is 24.9. The van der Waals surface area contributed by atoms with Crippen molar-refractivity contribution in [2.24, 2.45) is 5.14 Å². The number of allylic oxidation sites excluding steroid dienone is 1. The van der Waals surface area contributed by atoms with E-state index < -0.39 is 15.9 Å². The summed E-state index contributed by atoms with van der Waals surface area (Å²) in [6.07, 6.45) is 1.83. The van der Waals surface area contributed by atoms with Gasteiger partial charge in [0.2, 0.25) is 10.0 Å². The van der Waals surface area contributed by atoms with Crippen LogP contribution in [0.15, 0.2) is 83.4 Å². The van der Waals surface area contributed by atoms with Crippen molar-refractivity contribution < 1.29 is 18.0 Å². The minimum absolute atomic E-state index is 0.0903. The number of sulfonamides is 1. The molecule has 2 N–H and O–H groups in total. The molecule has 1 heterocycles. The number of hydrogen-bond acceptors (Lipinski definition) is 4. The van der Waals surface area contributed by atoms with Crippen LogP contribution in [0.5, 0.6) is 0 Å². The number of carbonyl (C=O) groups is 2. The van der Waals surface area contributed by atoms with Crippen molar-refractivity contribution in [3.8, 4) is 0 Å². The molecule has 6 nitrogen and oxygen atoms in total. The molecule has 3 aromatic rings. The third kappa shape index (κ3) is 5.22. The van der Waals surface area contributed by atoms with Gasteiger partial charge in [0.25, 0.3) is 5.91 Å². The molecule has 1 amide bonds. The monoisotopic (exact) mass is 508 g/mol. The fourth-order valence-corrected chi connectivity index (χ4v) is 4.88. The van der Waals surface area contributed by atoms with Crippen LogP contribution < -0.4 is 5.14 Å². The van der Waals surface area contributed by atoms with E-state index in [1.54, 1.807) is 6.07 Å². The highest BCUT2D eigenvalue weighted by atomic mass is 35.5. The van der Waals surface area contributed by atoms with Crippen molar-refractivity contribution >= 4 is 38.9 Å². The summed E-state index contributed by atoms with van der Waals surface area (Å²) in [5.41, 5.74) is 3.71. The van der Waals surface area contributed by atoms with Crippen LogP contribution in [0.3, 0.4) is 0 Å². The lowest BCUT2D eigenvalue weighted by atomic mass is 9.86. The maximum Gasteiger partial charge on any atom is 0.258 e. The molecule has 0 unspecified atom stereocenters. The molecule has 0 spiro atoms. The van der Waals surface area contributed by atoms with E-state index in [9.17, 15) is 18.0 Å². The van der Waals surface area contributed by atoms with Gasteiger partial charge >= 0.3 is 0 Å². The molecular weight excluding hydrogens is 484 g/mol. The van der Waals surface area contributed by atoms with Gasteiger partial charge in [-0.3, -0.25) is 14.5 Å². The summed E-state index contributed by atoms with van der Waals surface area (Å²) < 4.78 is 23.3. The summed E-state index contributed by atoms with van der Waals surface area (Å²) in [5.74, 6) is -0.536. The SMILES string of the molecule is CCCCC(=O)C1=C(c2ccccc2)c2cc(Cl)ccc2CN1C(=O)c1ccc(S(N)(=O)=O)cc1. The fourth-order valence-electron chi connectivity index (χ4n) is 4.19. The predicted molar refractivity (Wildman–Crippen MR) is 136 cm³/mol. The van der Waals surface area contributed by atoms with Gasteiger partial charge in [-0.15, -0.1) is 0 Å². The zero-order valence-electron chi connectivity index (χ0n) is 19.2. The van der Waals surface area contributed by atoms with Gasteiger partial charge in [0.1, 0.15) is 0 Å². The first-order chi connectivity index (χ1) is 16.7. The van der Waals surface area contributed by atoms with Crippen LogP contribution in [-0.4, -0.2) is 25.0 Å². The van der Waals surface area contributed by atoms with E-state index >= 15 is 0 Å².